The number of benzene rings is 1. The summed E-state index contributed by atoms with van der Waals surface area (Å²) in [5, 5.41) is 10.5. The fraction of sp³-hybridized carbons (Fsp3) is 0.286. The monoisotopic (exact) mass is 227 g/mol. The van der Waals surface area contributed by atoms with E-state index >= 15 is 0 Å². The standard InChI is InChI=1S/C14H17N3/c1-4-8-13-11(2)15-17(3)16-14(13)12-9-6-5-7-10-12/h4-7,9-10,13H,1,8H2,2-3H3. The van der Waals surface area contributed by atoms with Crippen LogP contribution in [0.4, 0.5) is 0 Å². The summed E-state index contributed by atoms with van der Waals surface area (Å²) in [6, 6.07) is 10.2. The van der Waals surface area contributed by atoms with Crippen molar-refractivity contribution in [2.24, 2.45) is 16.1 Å². The summed E-state index contributed by atoms with van der Waals surface area (Å²) < 4.78 is 0. The third-order valence-corrected chi connectivity index (χ3v) is 2.86. The van der Waals surface area contributed by atoms with Crippen molar-refractivity contribution in [3.63, 3.8) is 0 Å². The molecular formula is C14H17N3. The molecule has 1 aliphatic heterocycles. The summed E-state index contributed by atoms with van der Waals surface area (Å²) in [6.45, 7) is 5.86. The van der Waals surface area contributed by atoms with Crippen molar-refractivity contribution in [1.29, 1.82) is 0 Å². The highest BCUT2D eigenvalue weighted by Crippen LogP contribution is 2.20. The first kappa shape index (κ1) is 11.6. The molecule has 88 valence electrons. The minimum Gasteiger partial charge on any atom is -0.188 e. The Bertz CT molecular complexity index is 460. The molecule has 1 aliphatic rings. The van der Waals surface area contributed by atoms with Gasteiger partial charge < -0.3 is 0 Å². The van der Waals surface area contributed by atoms with E-state index in [0.717, 1.165) is 23.4 Å². The number of rotatable bonds is 3. The second kappa shape index (κ2) is 4.95. The number of hydrogen-bond donors (Lipinski definition) is 0. The van der Waals surface area contributed by atoms with Gasteiger partial charge in [0.15, 0.2) is 0 Å². The molecule has 0 aromatic heterocycles. The first-order valence-electron chi connectivity index (χ1n) is 5.76. The smallest absolute Gasteiger partial charge is 0.0789 e. The van der Waals surface area contributed by atoms with Gasteiger partial charge in [-0.1, -0.05) is 36.4 Å². The van der Waals surface area contributed by atoms with E-state index in [1.807, 2.05) is 38.2 Å². The third-order valence-electron chi connectivity index (χ3n) is 2.86. The van der Waals surface area contributed by atoms with Crippen LogP contribution >= 0.6 is 0 Å². The summed E-state index contributed by atoms with van der Waals surface area (Å²) in [5.74, 6) is 0.242. The molecule has 0 amide bonds. The van der Waals surface area contributed by atoms with Crippen LogP contribution in [0, 0.1) is 5.92 Å². The molecule has 17 heavy (non-hydrogen) atoms. The summed E-state index contributed by atoms with van der Waals surface area (Å²) >= 11 is 0. The average Bonchev–Trinajstić information content (AvgIpc) is 2.33. The Balaban J connectivity index is 2.39. The van der Waals surface area contributed by atoms with Crippen molar-refractivity contribution in [3.8, 4) is 0 Å². The average molecular weight is 227 g/mol. The number of nitrogens with zero attached hydrogens (tertiary/aromatic N) is 3. The van der Waals surface area contributed by atoms with E-state index < -0.39 is 0 Å². The minimum absolute atomic E-state index is 0.242. The first-order chi connectivity index (χ1) is 8.22. The van der Waals surface area contributed by atoms with E-state index in [1.165, 1.54) is 0 Å². The van der Waals surface area contributed by atoms with E-state index in [0.29, 0.717) is 0 Å². The molecule has 2 rings (SSSR count). The van der Waals surface area contributed by atoms with Gasteiger partial charge in [-0.2, -0.15) is 15.3 Å². The molecule has 3 nitrogen and oxygen atoms in total. The number of allylic oxidation sites excluding steroid dienone is 1. The van der Waals surface area contributed by atoms with Crippen LogP contribution in [0.5, 0.6) is 0 Å². The van der Waals surface area contributed by atoms with E-state index in [2.05, 4.69) is 28.9 Å². The van der Waals surface area contributed by atoms with Crippen LogP contribution in [0.1, 0.15) is 18.9 Å². The topological polar surface area (TPSA) is 28.0 Å². The normalized spacial score (nSPS) is 19.6. The molecule has 0 aliphatic carbocycles. The van der Waals surface area contributed by atoms with E-state index in [4.69, 9.17) is 0 Å². The van der Waals surface area contributed by atoms with Gasteiger partial charge in [-0.05, 0) is 18.9 Å². The van der Waals surface area contributed by atoms with Crippen LogP contribution in [0.2, 0.25) is 0 Å². The Hall–Kier alpha value is -1.90. The van der Waals surface area contributed by atoms with Crippen molar-refractivity contribution < 1.29 is 0 Å². The van der Waals surface area contributed by atoms with Crippen LogP contribution in [-0.4, -0.2) is 23.6 Å². The predicted octanol–water partition coefficient (Wildman–Crippen LogP) is 2.90. The Kier molecular flexibility index (Phi) is 3.38. The molecule has 1 atom stereocenters. The summed E-state index contributed by atoms with van der Waals surface area (Å²) in [5.41, 5.74) is 3.31. The van der Waals surface area contributed by atoms with Crippen molar-refractivity contribution >= 4 is 11.4 Å². The summed E-state index contributed by atoms with van der Waals surface area (Å²) in [6.07, 6.45) is 2.80. The van der Waals surface area contributed by atoms with E-state index in [1.54, 1.807) is 5.12 Å². The minimum atomic E-state index is 0.242. The van der Waals surface area contributed by atoms with Gasteiger partial charge >= 0.3 is 0 Å². The van der Waals surface area contributed by atoms with Crippen molar-refractivity contribution in [1.82, 2.24) is 5.12 Å². The SMILES string of the molecule is C=CCC1C(C)=NN(C)N=C1c1ccccc1. The Morgan fingerprint density at radius 2 is 2.00 bits per heavy atom. The molecule has 1 heterocycles. The molecule has 1 aromatic carbocycles. The van der Waals surface area contributed by atoms with Gasteiger partial charge in [0, 0.05) is 18.7 Å². The van der Waals surface area contributed by atoms with E-state index in [-0.39, 0.29) is 5.92 Å². The number of hydrogen-bond acceptors (Lipinski definition) is 3. The van der Waals surface area contributed by atoms with Crippen LogP contribution in [0.25, 0.3) is 0 Å². The quantitative estimate of drug-likeness (QED) is 0.730. The fourth-order valence-electron chi connectivity index (χ4n) is 2.06. The Morgan fingerprint density at radius 1 is 1.29 bits per heavy atom. The zero-order valence-electron chi connectivity index (χ0n) is 10.3. The van der Waals surface area contributed by atoms with Crippen LogP contribution < -0.4 is 0 Å². The molecule has 0 saturated heterocycles. The molecule has 0 radical (unpaired) electrons. The number of hydrazone groups is 2. The van der Waals surface area contributed by atoms with E-state index in [9.17, 15) is 0 Å². The van der Waals surface area contributed by atoms with Gasteiger partial charge in [0.25, 0.3) is 0 Å². The first-order valence-corrected chi connectivity index (χ1v) is 5.76. The van der Waals surface area contributed by atoms with Gasteiger partial charge in [-0.25, -0.2) is 0 Å². The predicted molar refractivity (Wildman–Crippen MR) is 72.2 cm³/mol. The lowest BCUT2D eigenvalue weighted by atomic mass is 9.90. The Morgan fingerprint density at radius 3 is 2.65 bits per heavy atom. The zero-order valence-corrected chi connectivity index (χ0v) is 10.3. The summed E-state index contributed by atoms with van der Waals surface area (Å²) in [7, 11) is 1.86. The van der Waals surface area contributed by atoms with Gasteiger partial charge in [-0.15, -0.1) is 6.58 Å². The molecular weight excluding hydrogens is 210 g/mol. The lowest BCUT2D eigenvalue weighted by Crippen LogP contribution is -2.30. The molecule has 3 heteroatoms. The molecule has 0 spiro atoms. The van der Waals surface area contributed by atoms with Gasteiger partial charge in [0.1, 0.15) is 0 Å². The molecule has 1 unspecified atom stereocenters. The van der Waals surface area contributed by atoms with Crippen LogP contribution in [0.3, 0.4) is 0 Å². The van der Waals surface area contributed by atoms with Crippen molar-refractivity contribution in [3.05, 3.63) is 48.6 Å². The highest BCUT2D eigenvalue weighted by atomic mass is 15.7. The lowest BCUT2D eigenvalue weighted by Gasteiger charge is -2.25. The zero-order chi connectivity index (χ0) is 12.3. The third kappa shape index (κ3) is 2.44. The summed E-state index contributed by atoms with van der Waals surface area (Å²) in [4.78, 5) is 0. The maximum Gasteiger partial charge on any atom is 0.0789 e. The van der Waals surface area contributed by atoms with Gasteiger partial charge in [0.2, 0.25) is 0 Å². The van der Waals surface area contributed by atoms with Crippen molar-refractivity contribution in [2.75, 3.05) is 7.05 Å². The highest BCUT2D eigenvalue weighted by molar-refractivity contribution is 6.15. The molecule has 0 saturated carbocycles. The van der Waals surface area contributed by atoms with Crippen molar-refractivity contribution in [2.45, 2.75) is 13.3 Å². The van der Waals surface area contributed by atoms with Crippen LogP contribution in [0.15, 0.2) is 53.2 Å². The fourth-order valence-corrected chi connectivity index (χ4v) is 2.06. The molecule has 0 N–H and O–H groups in total. The molecule has 0 fully saturated rings. The maximum absolute atomic E-state index is 4.52. The second-order valence-electron chi connectivity index (χ2n) is 4.16. The molecule has 1 aromatic rings. The molecule has 0 bridgehead atoms. The maximum atomic E-state index is 4.52. The lowest BCUT2D eigenvalue weighted by molar-refractivity contribution is 0.364. The second-order valence-corrected chi connectivity index (χ2v) is 4.16. The van der Waals surface area contributed by atoms with Gasteiger partial charge in [0.05, 0.1) is 5.71 Å². The largest absolute Gasteiger partial charge is 0.188 e. The van der Waals surface area contributed by atoms with Gasteiger partial charge in [-0.3, -0.25) is 0 Å². The van der Waals surface area contributed by atoms with Crippen LogP contribution in [-0.2, 0) is 0 Å². The Labute approximate surface area is 102 Å². The highest BCUT2D eigenvalue weighted by Gasteiger charge is 2.24.